The normalized spacial score (nSPS) is 14.5. The van der Waals surface area contributed by atoms with Crippen LogP contribution in [0.1, 0.15) is 12.5 Å². The summed E-state index contributed by atoms with van der Waals surface area (Å²) in [6.07, 6.45) is 0. The third kappa shape index (κ3) is 6.06. The lowest BCUT2D eigenvalue weighted by molar-refractivity contribution is -0.146. The summed E-state index contributed by atoms with van der Waals surface area (Å²) in [7, 11) is 0. The smallest absolute Gasteiger partial charge is 0.409 e. The van der Waals surface area contributed by atoms with Crippen LogP contribution in [0.15, 0.2) is 60.7 Å². The molecule has 0 radical (unpaired) electrons. The van der Waals surface area contributed by atoms with Crippen LogP contribution in [0.4, 0.5) is 0 Å². The molecule has 0 heterocycles. The summed E-state index contributed by atoms with van der Waals surface area (Å²) in [5.41, 5.74) is 0.864. The number of nitrogens with one attached hydrogen (secondary N) is 1. The van der Waals surface area contributed by atoms with E-state index in [1.165, 1.54) is 6.92 Å². The van der Waals surface area contributed by atoms with E-state index in [0.29, 0.717) is 5.75 Å². The number of carbonyl (C=O) groups excluding carboxylic acids is 1. The quantitative estimate of drug-likeness (QED) is 0.599. The highest BCUT2D eigenvalue weighted by molar-refractivity contribution is 7.84. The Balaban J connectivity index is 1.86. The first-order chi connectivity index (χ1) is 11.0. The topological polar surface area (TPSA) is 64.6 Å². The molecule has 0 spiro atoms. The molecule has 7 heteroatoms. The summed E-state index contributed by atoms with van der Waals surface area (Å²) in [5.74, 6) is -0.213. The first kappa shape index (κ1) is 17.5. The molecular weight excluding hydrogens is 337 g/mol. The zero-order valence-corrected chi connectivity index (χ0v) is 14.2. The molecule has 2 atom stereocenters. The molecule has 0 aliphatic heterocycles. The Kier molecular flexibility index (Phi) is 6.22. The molecule has 0 aromatic heterocycles. The van der Waals surface area contributed by atoms with Crippen LogP contribution in [0.2, 0.25) is 0 Å². The van der Waals surface area contributed by atoms with E-state index in [1.54, 1.807) is 30.3 Å². The lowest BCUT2D eigenvalue weighted by atomic mass is 10.2. The van der Waals surface area contributed by atoms with E-state index in [-0.39, 0.29) is 6.61 Å². The fourth-order valence-electron chi connectivity index (χ4n) is 1.78. The Bertz CT molecular complexity index is 681. The summed E-state index contributed by atoms with van der Waals surface area (Å²) < 4.78 is 22.5. The summed E-state index contributed by atoms with van der Waals surface area (Å²) in [4.78, 5) is 11.9. The molecule has 2 rings (SSSR count). The van der Waals surface area contributed by atoms with Crippen molar-refractivity contribution in [3.8, 4) is 5.75 Å². The molecule has 5 nitrogen and oxygen atoms in total. The molecule has 0 amide bonds. The molecule has 122 valence electrons. The van der Waals surface area contributed by atoms with Crippen molar-refractivity contribution < 1.29 is 18.6 Å². The zero-order valence-electron chi connectivity index (χ0n) is 12.5. The predicted octanol–water partition coefficient (Wildman–Crippen LogP) is 4.13. The van der Waals surface area contributed by atoms with Gasteiger partial charge >= 0.3 is 12.8 Å². The Hall–Kier alpha value is -1.81. The lowest BCUT2D eigenvalue weighted by Gasteiger charge is -2.18. The van der Waals surface area contributed by atoms with E-state index in [1.807, 2.05) is 30.3 Å². The maximum atomic E-state index is 12.2. The van der Waals surface area contributed by atoms with Gasteiger partial charge in [-0.05, 0) is 24.6 Å². The molecule has 0 fully saturated rings. The summed E-state index contributed by atoms with van der Waals surface area (Å²) in [6.45, 7) is -2.05. The molecule has 0 saturated carbocycles. The minimum absolute atomic E-state index is 0.137. The van der Waals surface area contributed by atoms with Crippen molar-refractivity contribution in [3.05, 3.63) is 66.2 Å². The van der Waals surface area contributed by atoms with Gasteiger partial charge in [0.15, 0.2) is 0 Å². The van der Waals surface area contributed by atoms with Gasteiger partial charge in [-0.25, -0.2) is 9.65 Å². The minimum atomic E-state index is -3.70. The van der Waals surface area contributed by atoms with Gasteiger partial charge in [0.25, 0.3) is 0 Å². The third-order valence-corrected chi connectivity index (χ3v) is 4.53. The van der Waals surface area contributed by atoms with Crippen LogP contribution in [-0.2, 0) is 20.7 Å². The lowest BCUT2D eigenvalue weighted by Crippen LogP contribution is -2.33. The van der Waals surface area contributed by atoms with Gasteiger partial charge in [-0.3, -0.25) is 4.79 Å². The second-order valence-electron chi connectivity index (χ2n) is 4.83. The zero-order chi connectivity index (χ0) is 16.7. The Morgan fingerprint density at radius 2 is 1.70 bits per heavy atom. The Labute approximate surface area is 139 Å². The largest absolute Gasteiger partial charge is 0.460 e. The van der Waals surface area contributed by atoms with Gasteiger partial charge in [-0.1, -0.05) is 48.5 Å². The number of halogens is 1. The number of hydrogen-bond donors (Lipinski definition) is 1. The highest BCUT2D eigenvalue weighted by Gasteiger charge is 2.28. The number of ether oxygens (including phenoxy) is 1. The van der Waals surface area contributed by atoms with Gasteiger partial charge in [0.1, 0.15) is 18.4 Å². The molecular formula is C16H17ClNO4P. The fourth-order valence-corrected chi connectivity index (χ4v) is 3.47. The van der Waals surface area contributed by atoms with E-state index < -0.39 is 18.9 Å². The standard InChI is InChI=1S/C16H17ClNO4P/c1-13(16(19)21-12-14-8-4-2-5-9-14)18-23(17,20)22-15-10-6-3-7-11-15/h2-11,13H,12H2,1H3,(H,18,20)/t13-,23?/m1/s1. The molecule has 0 aliphatic rings. The van der Waals surface area contributed by atoms with Crippen LogP contribution in [0.3, 0.4) is 0 Å². The van der Waals surface area contributed by atoms with Crippen molar-refractivity contribution in [2.45, 2.75) is 19.6 Å². The molecule has 2 aromatic carbocycles. The highest BCUT2D eigenvalue weighted by atomic mass is 35.7. The SMILES string of the molecule is C[C@@H](NP(=O)(Cl)Oc1ccccc1)C(=O)OCc1ccccc1. The molecule has 23 heavy (non-hydrogen) atoms. The average molecular weight is 354 g/mol. The first-order valence-corrected chi connectivity index (χ1v) is 9.52. The van der Waals surface area contributed by atoms with Crippen LogP contribution in [0.5, 0.6) is 5.75 Å². The van der Waals surface area contributed by atoms with E-state index in [0.717, 1.165) is 5.56 Å². The highest BCUT2D eigenvalue weighted by Crippen LogP contribution is 2.48. The van der Waals surface area contributed by atoms with Crippen molar-refractivity contribution in [2.75, 3.05) is 0 Å². The van der Waals surface area contributed by atoms with Crippen molar-refractivity contribution in [1.29, 1.82) is 0 Å². The Morgan fingerprint density at radius 3 is 2.30 bits per heavy atom. The minimum Gasteiger partial charge on any atom is -0.460 e. The second-order valence-corrected chi connectivity index (χ2v) is 7.56. The van der Waals surface area contributed by atoms with Crippen LogP contribution in [-0.4, -0.2) is 12.0 Å². The van der Waals surface area contributed by atoms with Gasteiger partial charge in [0, 0.05) is 11.2 Å². The monoisotopic (exact) mass is 353 g/mol. The van der Waals surface area contributed by atoms with Gasteiger partial charge < -0.3 is 9.26 Å². The molecule has 1 N–H and O–H groups in total. The van der Waals surface area contributed by atoms with Gasteiger partial charge in [0.05, 0.1) is 0 Å². The number of hydrogen-bond acceptors (Lipinski definition) is 4. The van der Waals surface area contributed by atoms with Crippen LogP contribution in [0.25, 0.3) is 0 Å². The maximum absolute atomic E-state index is 12.2. The van der Waals surface area contributed by atoms with E-state index in [9.17, 15) is 9.36 Å². The first-order valence-electron chi connectivity index (χ1n) is 6.99. The van der Waals surface area contributed by atoms with Crippen molar-refractivity contribution in [3.63, 3.8) is 0 Å². The van der Waals surface area contributed by atoms with Gasteiger partial charge in [-0.15, -0.1) is 0 Å². The fraction of sp³-hybridized carbons (Fsp3) is 0.188. The van der Waals surface area contributed by atoms with Crippen LogP contribution in [0, 0.1) is 0 Å². The third-order valence-electron chi connectivity index (χ3n) is 2.89. The summed E-state index contributed by atoms with van der Waals surface area (Å²) >= 11 is 5.84. The molecule has 1 unspecified atom stereocenters. The number of benzene rings is 2. The van der Waals surface area contributed by atoms with Crippen molar-refractivity contribution in [1.82, 2.24) is 5.09 Å². The second kappa shape index (κ2) is 8.16. The van der Waals surface area contributed by atoms with Crippen LogP contribution >= 0.6 is 18.1 Å². The van der Waals surface area contributed by atoms with Gasteiger partial charge in [-0.2, -0.15) is 0 Å². The summed E-state index contributed by atoms with van der Waals surface area (Å²) in [5, 5.41) is 2.46. The van der Waals surface area contributed by atoms with E-state index >= 15 is 0 Å². The van der Waals surface area contributed by atoms with Crippen molar-refractivity contribution in [2.24, 2.45) is 0 Å². The number of esters is 1. The molecule has 2 aromatic rings. The predicted molar refractivity (Wildman–Crippen MR) is 89.4 cm³/mol. The molecule has 0 saturated heterocycles. The maximum Gasteiger partial charge on any atom is 0.409 e. The number of para-hydroxylation sites is 1. The van der Waals surface area contributed by atoms with E-state index in [2.05, 4.69) is 5.09 Å². The van der Waals surface area contributed by atoms with Crippen molar-refractivity contribution >= 4 is 24.1 Å². The molecule has 0 bridgehead atoms. The Morgan fingerprint density at radius 1 is 1.13 bits per heavy atom. The number of carbonyl (C=O) groups is 1. The molecule has 0 aliphatic carbocycles. The summed E-state index contributed by atoms with van der Waals surface area (Å²) in [6, 6.07) is 16.9. The average Bonchev–Trinajstić information content (AvgIpc) is 2.53. The number of rotatable bonds is 7. The van der Waals surface area contributed by atoms with Gasteiger partial charge in [0.2, 0.25) is 0 Å². The van der Waals surface area contributed by atoms with E-state index in [4.69, 9.17) is 20.5 Å². The van der Waals surface area contributed by atoms with Crippen LogP contribution < -0.4 is 9.61 Å².